The molecule has 1 aliphatic rings. The highest BCUT2D eigenvalue weighted by molar-refractivity contribution is 5.30. The van der Waals surface area contributed by atoms with Crippen molar-refractivity contribution in [1.82, 2.24) is 4.90 Å². The Morgan fingerprint density at radius 1 is 0.952 bits per heavy atom. The van der Waals surface area contributed by atoms with Crippen molar-refractivity contribution in [3.05, 3.63) is 71.3 Å². The Morgan fingerprint density at radius 3 is 2.43 bits per heavy atom. The minimum Gasteiger partial charge on any atom is -0.329 e. The Kier molecular flexibility index (Phi) is 4.69. The van der Waals surface area contributed by atoms with Gasteiger partial charge in [0.05, 0.1) is 0 Å². The van der Waals surface area contributed by atoms with E-state index in [1.807, 2.05) is 0 Å². The highest BCUT2D eigenvalue weighted by Gasteiger charge is 2.24. The lowest BCUT2D eigenvalue weighted by molar-refractivity contribution is 0.174. The van der Waals surface area contributed by atoms with Crippen molar-refractivity contribution < 1.29 is 0 Å². The van der Waals surface area contributed by atoms with Gasteiger partial charge in [0.1, 0.15) is 0 Å². The SMILES string of the molecule is NCC1Cc2ccccc2CN1CCCc1ccccc1. The fourth-order valence-electron chi connectivity index (χ4n) is 3.27. The average Bonchev–Trinajstić information content (AvgIpc) is 2.55. The van der Waals surface area contributed by atoms with Gasteiger partial charge in [-0.05, 0) is 42.5 Å². The predicted molar refractivity (Wildman–Crippen MR) is 88.2 cm³/mol. The number of aryl methyl sites for hydroxylation is 1. The summed E-state index contributed by atoms with van der Waals surface area (Å²) in [6.07, 6.45) is 3.44. The topological polar surface area (TPSA) is 29.3 Å². The molecule has 0 amide bonds. The van der Waals surface area contributed by atoms with Crippen LogP contribution in [-0.4, -0.2) is 24.0 Å². The number of fused-ring (bicyclic) bond motifs is 1. The zero-order valence-corrected chi connectivity index (χ0v) is 12.5. The minimum atomic E-state index is 0.496. The lowest BCUT2D eigenvalue weighted by Gasteiger charge is -2.36. The first-order valence-corrected chi connectivity index (χ1v) is 7.91. The molecule has 1 unspecified atom stereocenters. The molecular formula is C19H24N2. The molecular weight excluding hydrogens is 256 g/mol. The summed E-state index contributed by atoms with van der Waals surface area (Å²) in [5.74, 6) is 0. The fraction of sp³-hybridized carbons (Fsp3) is 0.368. The normalized spacial score (nSPS) is 18.4. The Hall–Kier alpha value is -1.64. The van der Waals surface area contributed by atoms with E-state index in [0.717, 1.165) is 32.5 Å². The minimum absolute atomic E-state index is 0.496. The second kappa shape index (κ2) is 6.88. The molecule has 0 fully saturated rings. The molecule has 2 N–H and O–H groups in total. The van der Waals surface area contributed by atoms with Gasteiger partial charge in [-0.25, -0.2) is 0 Å². The van der Waals surface area contributed by atoms with Gasteiger partial charge in [-0.15, -0.1) is 0 Å². The maximum atomic E-state index is 5.99. The van der Waals surface area contributed by atoms with E-state index in [2.05, 4.69) is 59.5 Å². The summed E-state index contributed by atoms with van der Waals surface area (Å²) in [7, 11) is 0. The Balaban J connectivity index is 1.59. The number of rotatable bonds is 5. The predicted octanol–water partition coefficient (Wildman–Crippen LogP) is 3.00. The first-order chi connectivity index (χ1) is 10.4. The van der Waals surface area contributed by atoms with E-state index in [1.165, 1.54) is 23.1 Å². The van der Waals surface area contributed by atoms with Crippen molar-refractivity contribution in [2.75, 3.05) is 13.1 Å². The molecule has 2 aromatic rings. The molecule has 0 spiro atoms. The van der Waals surface area contributed by atoms with E-state index in [-0.39, 0.29) is 0 Å². The molecule has 110 valence electrons. The molecule has 2 aromatic carbocycles. The van der Waals surface area contributed by atoms with E-state index >= 15 is 0 Å². The lowest BCUT2D eigenvalue weighted by atomic mass is 9.93. The third-order valence-corrected chi connectivity index (χ3v) is 4.49. The van der Waals surface area contributed by atoms with Gasteiger partial charge in [0.2, 0.25) is 0 Å². The first kappa shape index (κ1) is 14.3. The van der Waals surface area contributed by atoms with Crippen molar-refractivity contribution in [2.45, 2.75) is 31.8 Å². The number of nitrogens with zero attached hydrogens (tertiary/aromatic N) is 1. The lowest BCUT2D eigenvalue weighted by Crippen LogP contribution is -2.45. The summed E-state index contributed by atoms with van der Waals surface area (Å²) in [6.45, 7) is 2.93. The number of nitrogens with two attached hydrogens (primary N) is 1. The van der Waals surface area contributed by atoms with Crippen molar-refractivity contribution in [2.24, 2.45) is 5.73 Å². The van der Waals surface area contributed by atoms with E-state index < -0.39 is 0 Å². The highest BCUT2D eigenvalue weighted by Crippen LogP contribution is 2.23. The molecule has 0 aromatic heterocycles. The van der Waals surface area contributed by atoms with Crippen molar-refractivity contribution in [1.29, 1.82) is 0 Å². The molecule has 2 heteroatoms. The van der Waals surface area contributed by atoms with E-state index in [0.29, 0.717) is 6.04 Å². The fourth-order valence-corrected chi connectivity index (χ4v) is 3.27. The molecule has 0 radical (unpaired) electrons. The van der Waals surface area contributed by atoms with Crippen LogP contribution < -0.4 is 5.73 Å². The Morgan fingerprint density at radius 2 is 1.67 bits per heavy atom. The Bertz CT molecular complexity index is 565. The monoisotopic (exact) mass is 280 g/mol. The van der Waals surface area contributed by atoms with Crippen LogP contribution in [0.15, 0.2) is 54.6 Å². The largest absolute Gasteiger partial charge is 0.329 e. The molecule has 2 nitrogen and oxygen atoms in total. The van der Waals surface area contributed by atoms with Crippen LogP contribution in [0.1, 0.15) is 23.1 Å². The van der Waals surface area contributed by atoms with Crippen molar-refractivity contribution >= 4 is 0 Å². The maximum absolute atomic E-state index is 5.99. The van der Waals surface area contributed by atoms with Gasteiger partial charge in [-0.3, -0.25) is 4.90 Å². The molecule has 0 aliphatic carbocycles. The van der Waals surface area contributed by atoms with Gasteiger partial charge in [-0.1, -0.05) is 54.6 Å². The second-order valence-corrected chi connectivity index (χ2v) is 5.92. The quantitative estimate of drug-likeness (QED) is 0.912. The van der Waals surface area contributed by atoms with Crippen LogP contribution in [-0.2, 0) is 19.4 Å². The third-order valence-electron chi connectivity index (χ3n) is 4.49. The van der Waals surface area contributed by atoms with E-state index in [1.54, 1.807) is 0 Å². The van der Waals surface area contributed by atoms with E-state index in [4.69, 9.17) is 5.73 Å². The first-order valence-electron chi connectivity index (χ1n) is 7.91. The summed E-state index contributed by atoms with van der Waals surface area (Å²) in [6, 6.07) is 20.0. The van der Waals surface area contributed by atoms with E-state index in [9.17, 15) is 0 Å². The molecule has 0 bridgehead atoms. The molecule has 1 atom stereocenters. The molecule has 3 rings (SSSR count). The van der Waals surface area contributed by atoms with Crippen LogP contribution in [0, 0.1) is 0 Å². The summed E-state index contributed by atoms with van der Waals surface area (Å²) in [4.78, 5) is 2.56. The zero-order valence-electron chi connectivity index (χ0n) is 12.5. The summed E-state index contributed by atoms with van der Waals surface area (Å²) >= 11 is 0. The van der Waals surface area contributed by atoms with Gasteiger partial charge in [0, 0.05) is 19.1 Å². The zero-order chi connectivity index (χ0) is 14.5. The maximum Gasteiger partial charge on any atom is 0.0262 e. The molecule has 1 heterocycles. The van der Waals surface area contributed by atoms with Gasteiger partial charge in [0.15, 0.2) is 0 Å². The molecule has 1 aliphatic heterocycles. The van der Waals surface area contributed by atoms with Crippen molar-refractivity contribution in [3.8, 4) is 0 Å². The van der Waals surface area contributed by atoms with Crippen LogP contribution in [0.2, 0.25) is 0 Å². The smallest absolute Gasteiger partial charge is 0.0262 e. The Labute approximate surface area is 127 Å². The van der Waals surface area contributed by atoms with Crippen LogP contribution in [0.5, 0.6) is 0 Å². The summed E-state index contributed by atoms with van der Waals surface area (Å²) in [5, 5.41) is 0. The molecule has 21 heavy (non-hydrogen) atoms. The van der Waals surface area contributed by atoms with Crippen LogP contribution in [0.25, 0.3) is 0 Å². The molecule has 0 saturated heterocycles. The van der Waals surface area contributed by atoms with Crippen molar-refractivity contribution in [3.63, 3.8) is 0 Å². The number of hydrogen-bond donors (Lipinski definition) is 1. The van der Waals surface area contributed by atoms with Crippen LogP contribution in [0.4, 0.5) is 0 Å². The highest BCUT2D eigenvalue weighted by atomic mass is 15.2. The van der Waals surface area contributed by atoms with Crippen LogP contribution >= 0.6 is 0 Å². The third kappa shape index (κ3) is 3.52. The van der Waals surface area contributed by atoms with Crippen LogP contribution in [0.3, 0.4) is 0 Å². The molecule has 0 saturated carbocycles. The van der Waals surface area contributed by atoms with Gasteiger partial charge >= 0.3 is 0 Å². The van der Waals surface area contributed by atoms with Gasteiger partial charge in [0.25, 0.3) is 0 Å². The summed E-state index contributed by atoms with van der Waals surface area (Å²) < 4.78 is 0. The van der Waals surface area contributed by atoms with Gasteiger partial charge < -0.3 is 5.73 Å². The number of hydrogen-bond acceptors (Lipinski definition) is 2. The standard InChI is InChI=1S/C19H24N2/c20-14-19-13-17-10-4-5-11-18(17)15-21(19)12-6-9-16-7-2-1-3-8-16/h1-5,7-8,10-11,19H,6,9,12-15,20H2. The number of benzene rings is 2. The summed E-state index contributed by atoms with van der Waals surface area (Å²) in [5.41, 5.74) is 10.4. The van der Waals surface area contributed by atoms with Gasteiger partial charge in [-0.2, -0.15) is 0 Å². The second-order valence-electron chi connectivity index (χ2n) is 5.92. The average molecular weight is 280 g/mol.